The Morgan fingerprint density at radius 3 is 1.21 bits per heavy atom. The maximum absolute atomic E-state index is 14.1. The number of nitrogens with two attached hydrogens (primary N) is 3. The first kappa shape index (κ1) is 92.4. The van der Waals surface area contributed by atoms with E-state index in [9.17, 15) is 113 Å². The fourth-order valence-electron chi connectivity index (χ4n) is 10.4. The molecular formula is C67H93F6N19O20. The molecule has 2 aromatic rings. The van der Waals surface area contributed by atoms with E-state index in [0.717, 1.165) is 0 Å². The summed E-state index contributed by atoms with van der Waals surface area (Å²) in [5, 5.41) is 51.2. The molecule has 0 aromatic heterocycles. The second-order valence-electron chi connectivity index (χ2n) is 26.2. The molecule has 112 heavy (non-hydrogen) atoms. The monoisotopic (exact) mass is 1600 g/mol. The number of nitrogens with one attached hydrogen (secondary N) is 14. The summed E-state index contributed by atoms with van der Waals surface area (Å²) in [6, 6.07) is -1.05. The molecule has 2 heterocycles. The van der Waals surface area contributed by atoms with E-state index in [-0.39, 0.29) is 97.2 Å². The minimum Gasteiger partial charge on any atom is -0.494 e. The third-order valence-corrected chi connectivity index (χ3v) is 16.3. The predicted molar refractivity (Wildman–Crippen MR) is 379 cm³/mol. The van der Waals surface area contributed by atoms with Crippen molar-refractivity contribution in [2.75, 3.05) is 52.5 Å². The number of carboxylic acid groups (broad SMARTS) is 2. The molecule has 0 radical (unpaired) electrons. The second kappa shape index (κ2) is 45.3. The molecule has 2 aliphatic heterocycles. The lowest BCUT2D eigenvalue weighted by molar-refractivity contribution is -0.171. The molecule has 2 saturated heterocycles. The van der Waals surface area contributed by atoms with E-state index in [4.69, 9.17) is 26.7 Å². The summed E-state index contributed by atoms with van der Waals surface area (Å²) < 4.78 is 87.6. The molecule has 2 fully saturated rings. The smallest absolute Gasteiger partial charge is 0.471 e. The summed E-state index contributed by atoms with van der Waals surface area (Å²) in [5.74, 6) is -21.1. The molecule has 0 unspecified atom stereocenters. The van der Waals surface area contributed by atoms with Crippen molar-refractivity contribution in [2.45, 2.75) is 171 Å². The minimum atomic E-state index is -5.26. The van der Waals surface area contributed by atoms with Crippen LogP contribution in [0, 0.1) is 11.8 Å². The van der Waals surface area contributed by atoms with Gasteiger partial charge in [0.15, 0.2) is 11.9 Å². The number of carbonyl (C=O) groups excluding carboxylic acids is 14. The highest BCUT2D eigenvalue weighted by molar-refractivity contribution is 6.02. The average molecular weight is 1600 g/mol. The van der Waals surface area contributed by atoms with Crippen molar-refractivity contribution >= 4 is 107 Å². The number of hydrogen-bond donors (Lipinski definition) is 19. The number of benzene rings is 2. The molecule has 0 bridgehead atoms. The van der Waals surface area contributed by atoms with Gasteiger partial charge in [-0.15, -0.1) is 0 Å². The molecule has 0 saturated carbocycles. The lowest BCUT2D eigenvalue weighted by Gasteiger charge is -2.27. The van der Waals surface area contributed by atoms with Crippen LogP contribution in [0.25, 0.3) is 0 Å². The van der Waals surface area contributed by atoms with E-state index >= 15 is 0 Å². The summed E-state index contributed by atoms with van der Waals surface area (Å²) >= 11 is 0. The Labute approximate surface area is 635 Å². The van der Waals surface area contributed by atoms with Crippen LogP contribution in [0.4, 0.5) is 26.3 Å². The van der Waals surface area contributed by atoms with Crippen LogP contribution in [0.15, 0.2) is 58.5 Å². The van der Waals surface area contributed by atoms with Crippen LogP contribution < -0.4 is 101 Å². The van der Waals surface area contributed by atoms with E-state index in [1.165, 1.54) is 34.9 Å². The van der Waals surface area contributed by atoms with E-state index < -0.39 is 211 Å². The Hall–Kier alpha value is -12.0. The van der Waals surface area contributed by atoms with Crippen LogP contribution in [-0.4, -0.2) is 236 Å². The zero-order valence-corrected chi connectivity index (χ0v) is 61.2. The zero-order valence-electron chi connectivity index (χ0n) is 61.2. The summed E-state index contributed by atoms with van der Waals surface area (Å²) in [6.07, 6.45) is -13.3. The number of halogens is 6. The molecule has 0 spiro atoms. The molecule has 22 N–H and O–H groups in total. The quantitative estimate of drug-likeness (QED) is 0.0142. The molecule has 2 aromatic carbocycles. The van der Waals surface area contributed by atoms with Crippen LogP contribution in [0.1, 0.15) is 103 Å². The normalized spacial score (nSPS) is 20.7. The highest BCUT2D eigenvalue weighted by Crippen LogP contribution is 2.19. The Bertz CT molecular complexity index is 3740. The van der Waals surface area contributed by atoms with Crippen LogP contribution in [0.2, 0.25) is 0 Å². The van der Waals surface area contributed by atoms with E-state index in [0.29, 0.717) is 29.0 Å². The summed E-state index contributed by atoms with van der Waals surface area (Å²) in [6.45, 7) is 4.28. The van der Waals surface area contributed by atoms with Crippen molar-refractivity contribution in [3.8, 4) is 11.5 Å². The molecular weight excluding hydrogens is 1500 g/mol. The second-order valence-corrected chi connectivity index (χ2v) is 26.2. The lowest BCUT2D eigenvalue weighted by atomic mass is 9.99. The summed E-state index contributed by atoms with van der Waals surface area (Å²) in [5.41, 5.74) is 17.7. The molecule has 14 amide bonds. The number of carboxylic acids is 2. The molecule has 2 aliphatic rings. The number of alkyl halides is 6. The molecule has 618 valence electrons. The van der Waals surface area contributed by atoms with E-state index in [2.05, 4.69) is 73.8 Å². The van der Waals surface area contributed by atoms with Gasteiger partial charge >= 0.3 is 36.1 Å². The molecule has 0 aliphatic carbocycles. The van der Waals surface area contributed by atoms with Crippen LogP contribution >= 0.6 is 0 Å². The van der Waals surface area contributed by atoms with Crippen molar-refractivity contribution in [3.63, 3.8) is 0 Å². The Balaban J connectivity index is 1.26. The maximum Gasteiger partial charge on any atom is 0.471 e. The van der Waals surface area contributed by atoms with Crippen LogP contribution in [0.5, 0.6) is 11.5 Å². The number of ether oxygens (including phenoxy) is 2. The highest BCUT2D eigenvalue weighted by Gasteiger charge is 2.41. The lowest BCUT2D eigenvalue weighted by Crippen LogP contribution is -2.59. The Morgan fingerprint density at radius 2 is 0.848 bits per heavy atom. The number of guanidine groups is 2. The number of aliphatic imine (C=N–C) groups is 2. The van der Waals surface area contributed by atoms with Crippen molar-refractivity contribution in [1.82, 2.24) is 74.4 Å². The third kappa shape index (κ3) is 33.9. The van der Waals surface area contributed by atoms with Gasteiger partial charge in [0.05, 0.1) is 45.2 Å². The van der Waals surface area contributed by atoms with Gasteiger partial charge in [-0.1, -0.05) is 52.0 Å². The number of aliphatic carboxylic acids is 2. The van der Waals surface area contributed by atoms with Gasteiger partial charge in [0.2, 0.25) is 70.9 Å². The third-order valence-electron chi connectivity index (χ3n) is 16.3. The predicted octanol–water partition coefficient (Wildman–Crippen LogP) is -4.70. The van der Waals surface area contributed by atoms with Gasteiger partial charge < -0.3 is 101 Å². The molecule has 9 atom stereocenters. The van der Waals surface area contributed by atoms with Gasteiger partial charge in [-0.05, 0) is 92.2 Å². The summed E-state index contributed by atoms with van der Waals surface area (Å²) in [7, 11) is 0. The first-order valence-electron chi connectivity index (χ1n) is 35.1. The SMILES string of the molecule is CC(C)[C@@H]1NC(=O)[C@@H](Cc2ccc(OCCCNC(=O)CC[C@H](N)C(=O)NCCCOc3ccc(C[C@H]4NC(=O)[C@H](CC(=O)O)NC(=O)CNC(=O)[C@H](CCCN=C(N)NC(=O)C(F)(F)F)NC(=O)[C@H](C(C)C)NC4=O)cc3)cc2)NC(=O)[C@H](CC(=O)O)NC(=O)CNC(=O)[C@H](CCCN=C(N)NC(=O)C(F)(F)F)NC1=O. The Morgan fingerprint density at radius 1 is 0.491 bits per heavy atom. The standard InChI is InChI=1S/C67H93F6N19O20/c1-33(2)51-60(107)85-40(9-5-21-79-64(75)91-62(109)66(68,69)70)54(101)81-31-47(94)83-44(29-49(96)97)56(103)87-42(58(105)89-51)27-35-11-15-37(16-12-35)111-25-7-23-77-46(93)20-19-39(74)53(100)78-24-8-26-112-38-17-13-36(14-18-38)28-43-59(106)90-52(34(3)4)61(108)86-41(10-6-22-80-65(76)92-63(110)67(71,72)73)55(102)82-32-48(95)84-45(30-50(98)99)57(104)88-43/h11-18,33-34,39-45,51-52H,5-10,19-32,74H2,1-4H3,(H,77,93)(H,78,100)(H,81,101)(H,82,102)(H,83,94)(H,84,95)(H,85,107)(H,86,108)(H,87,103)(H,88,104)(H,89,105)(H,90,106)(H,96,97)(H,98,99)(H3,75,79,91,109)(H3,76,80,92,110)/t39-,40-,41-,42+,43+,44-,45-,51-,52-/m0/s1. The first-order valence-corrected chi connectivity index (χ1v) is 35.1. The van der Waals surface area contributed by atoms with E-state index in [1.807, 2.05) is 0 Å². The van der Waals surface area contributed by atoms with Crippen molar-refractivity contribution < 1.29 is 123 Å². The van der Waals surface area contributed by atoms with Crippen molar-refractivity contribution in [2.24, 2.45) is 39.0 Å². The van der Waals surface area contributed by atoms with Crippen molar-refractivity contribution in [1.29, 1.82) is 0 Å². The number of hydrogen-bond acceptors (Lipinski definition) is 21. The molecule has 4 rings (SSSR count). The summed E-state index contributed by atoms with van der Waals surface area (Å²) in [4.78, 5) is 215. The van der Waals surface area contributed by atoms with Gasteiger partial charge in [0.25, 0.3) is 0 Å². The van der Waals surface area contributed by atoms with Gasteiger partial charge in [0.1, 0.15) is 59.8 Å². The number of rotatable bonds is 32. The van der Waals surface area contributed by atoms with Gasteiger partial charge in [-0.3, -0.25) is 97.3 Å². The number of nitrogens with zero attached hydrogens (tertiary/aromatic N) is 2. The topological polar surface area (TPSA) is 603 Å². The highest BCUT2D eigenvalue weighted by atomic mass is 19.4. The van der Waals surface area contributed by atoms with E-state index in [1.54, 1.807) is 52.0 Å². The van der Waals surface area contributed by atoms with Crippen molar-refractivity contribution in [3.05, 3.63) is 59.7 Å². The van der Waals surface area contributed by atoms with Gasteiger partial charge in [-0.2, -0.15) is 26.3 Å². The zero-order chi connectivity index (χ0) is 83.6. The van der Waals surface area contributed by atoms with Crippen LogP contribution in [-0.2, 0) is 89.6 Å². The van der Waals surface area contributed by atoms with Gasteiger partial charge in [-0.25, -0.2) is 0 Å². The number of carbonyl (C=O) groups is 16. The minimum absolute atomic E-state index is 0.0182. The van der Waals surface area contributed by atoms with Gasteiger partial charge in [0, 0.05) is 45.4 Å². The first-order chi connectivity index (χ1) is 52.6. The molecule has 39 nitrogen and oxygen atoms in total. The largest absolute Gasteiger partial charge is 0.494 e. The Kier molecular flexibility index (Phi) is 37.3. The fourth-order valence-corrected chi connectivity index (χ4v) is 10.4. The van der Waals surface area contributed by atoms with Crippen LogP contribution in [0.3, 0.4) is 0 Å². The maximum atomic E-state index is 14.1. The number of amides is 14. The molecule has 45 heteroatoms. The average Bonchev–Trinajstić information content (AvgIpc) is 1.27. The fraction of sp³-hybridized carbons (Fsp3) is 0.552.